The van der Waals surface area contributed by atoms with Crippen LogP contribution in [0.25, 0.3) is 0 Å². The minimum absolute atomic E-state index is 0.132. The molecule has 1 heterocycles. The molecular formula is C16H28N4O2. The highest BCUT2D eigenvalue weighted by Crippen LogP contribution is 2.20. The SMILES string of the molecule is CCn1cncc1CNC1CCCC1NC(=O)OC(C)(C)C. The minimum atomic E-state index is -0.459. The second-order valence-electron chi connectivity index (χ2n) is 6.84. The van der Waals surface area contributed by atoms with E-state index in [9.17, 15) is 4.79 Å². The summed E-state index contributed by atoms with van der Waals surface area (Å²) in [6.07, 6.45) is 6.59. The van der Waals surface area contributed by atoms with E-state index in [-0.39, 0.29) is 18.2 Å². The monoisotopic (exact) mass is 308 g/mol. The fourth-order valence-corrected chi connectivity index (χ4v) is 2.85. The highest BCUT2D eigenvalue weighted by Gasteiger charge is 2.29. The number of aryl methyl sites for hydroxylation is 1. The number of carbonyl (C=O) groups excluding carboxylic acids is 1. The van der Waals surface area contributed by atoms with E-state index in [4.69, 9.17) is 4.74 Å². The maximum Gasteiger partial charge on any atom is 0.407 e. The molecule has 2 rings (SSSR count). The number of imidazole rings is 1. The zero-order valence-electron chi connectivity index (χ0n) is 14.1. The van der Waals surface area contributed by atoms with Crippen LogP contribution < -0.4 is 10.6 Å². The summed E-state index contributed by atoms with van der Waals surface area (Å²) in [5.41, 5.74) is 0.713. The molecule has 22 heavy (non-hydrogen) atoms. The Bertz CT molecular complexity index is 493. The van der Waals surface area contributed by atoms with E-state index in [1.165, 1.54) is 5.69 Å². The highest BCUT2D eigenvalue weighted by atomic mass is 16.6. The van der Waals surface area contributed by atoms with Crippen LogP contribution in [0.5, 0.6) is 0 Å². The number of aromatic nitrogens is 2. The molecule has 124 valence electrons. The predicted octanol–water partition coefficient (Wildman–Crippen LogP) is 2.44. The van der Waals surface area contributed by atoms with E-state index < -0.39 is 5.60 Å². The lowest BCUT2D eigenvalue weighted by molar-refractivity contribution is 0.0498. The predicted molar refractivity (Wildman–Crippen MR) is 85.5 cm³/mol. The molecule has 0 saturated heterocycles. The number of alkyl carbamates (subject to hydrolysis) is 1. The van der Waals surface area contributed by atoms with Crippen LogP contribution in [-0.2, 0) is 17.8 Å². The Balaban J connectivity index is 1.84. The molecule has 0 aromatic carbocycles. The molecule has 1 amide bonds. The van der Waals surface area contributed by atoms with Crippen LogP contribution in [0.15, 0.2) is 12.5 Å². The van der Waals surface area contributed by atoms with Crippen molar-refractivity contribution in [1.29, 1.82) is 0 Å². The topological polar surface area (TPSA) is 68.2 Å². The van der Waals surface area contributed by atoms with Crippen molar-refractivity contribution in [3.05, 3.63) is 18.2 Å². The van der Waals surface area contributed by atoms with Crippen molar-refractivity contribution in [2.24, 2.45) is 0 Å². The second kappa shape index (κ2) is 7.13. The summed E-state index contributed by atoms with van der Waals surface area (Å²) < 4.78 is 7.47. The van der Waals surface area contributed by atoms with Crippen molar-refractivity contribution in [3.8, 4) is 0 Å². The van der Waals surface area contributed by atoms with Gasteiger partial charge in [0.25, 0.3) is 0 Å². The lowest BCUT2D eigenvalue weighted by Crippen LogP contribution is -2.47. The average molecular weight is 308 g/mol. The molecule has 1 aromatic heterocycles. The lowest BCUT2D eigenvalue weighted by atomic mass is 10.1. The first-order chi connectivity index (χ1) is 10.4. The number of nitrogens with zero attached hydrogens (tertiary/aromatic N) is 2. The fourth-order valence-electron chi connectivity index (χ4n) is 2.85. The molecular weight excluding hydrogens is 280 g/mol. The van der Waals surface area contributed by atoms with Crippen molar-refractivity contribution in [3.63, 3.8) is 0 Å². The van der Waals surface area contributed by atoms with Gasteiger partial charge in [0, 0.05) is 31.4 Å². The standard InChI is InChI=1S/C16H28N4O2/c1-5-20-11-17-9-12(20)10-18-13-7-6-8-14(13)19-15(21)22-16(2,3)4/h9,11,13-14,18H,5-8,10H2,1-4H3,(H,19,21). The molecule has 2 N–H and O–H groups in total. The molecule has 1 aromatic rings. The summed E-state index contributed by atoms with van der Waals surface area (Å²) in [7, 11) is 0. The van der Waals surface area contributed by atoms with E-state index in [0.29, 0.717) is 0 Å². The molecule has 1 aliphatic rings. The Hall–Kier alpha value is -1.56. The van der Waals surface area contributed by atoms with E-state index >= 15 is 0 Å². The molecule has 1 fully saturated rings. The van der Waals surface area contributed by atoms with E-state index in [2.05, 4.69) is 27.1 Å². The molecule has 2 atom stereocenters. The molecule has 6 nitrogen and oxygen atoms in total. The van der Waals surface area contributed by atoms with Gasteiger partial charge in [-0.25, -0.2) is 9.78 Å². The van der Waals surface area contributed by atoms with Crippen molar-refractivity contribution >= 4 is 6.09 Å². The quantitative estimate of drug-likeness (QED) is 0.876. The van der Waals surface area contributed by atoms with Gasteiger partial charge in [0.2, 0.25) is 0 Å². The summed E-state index contributed by atoms with van der Waals surface area (Å²) in [5.74, 6) is 0. The number of amides is 1. The van der Waals surface area contributed by atoms with Crippen LogP contribution >= 0.6 is 0 Å². The van der Waals surface area contributed by atoms with Crippen molar-refractivity contribution < 1.29 is 9.53 Å². The van der Waals surface area contributed by atoms with Crippen molar-refractivity contribution in [1.82, 2.24) is 20.2 Å². The van der Waals surface area contributed by atoms with Gasteiger partial charge in [-0.2, -0.15) is 0 Å². The average Bonchev–Trinajstić information content (AvgIpc) is 3.02. The summed E-state index contributed by atoms with van der Waals surface area (Å²) in [6.45, 7) is 9.43. The number of hydrogen-bond acceptors (Lipinski definition) is 4. The van der Waals surface area contributed by atoms with Gasteiger partial charge in [-0.05, 0) is 47.0 Å². The number of rotatable bonds is 5. The van der Waals surface area contributed by atoms with Gasteiger partial charge in [0.15, 0.2) is 0 Å². The Labute approximate surface area is 132 Å². The van der Waals surface area contributed by atoms with E-state index in [0.717, 1.165) is 32.4 Å². The Morgan fingerprint density at radius 3 is 2.82 bits per heavy atom. The fraction of sp³-hybridized carbons (Fsp3) is 0.750. The Morgan fingerprint density at radius 1 is 1.41 bits per heavy atom. The molecule has 0 bridgehead atoms. The molecule has 1 aliphatic carbocycles. The third-order valence-electron chi connectivity index (χ3n) is 3.90. The van der Waals surface area contributed by atoms with Gasteiger partial charge in [0.1, 0.15) is 5.60 Å². The normalized spacial score (nSPS) is 21.8. The first-order valence-corrected chi connectivity index (χ1v) is 8.11. The zero-order chi connectivity index (χ0) is 16.2. The zero-order valence-corrected chi connectivity index (χ0v) is 14.1. The maximum absolute atomic E-state index is 11.9. The van der Waals surface area contributed by atoms with Crippen LogP contribution in [0.3, 0.4) is 0 Å². The van der Waals surface area contributed by atoms with Crippen LogP contribution in [0.2, 0.25) is 0 Å². The number of carbonyl (C=O) groups is 1. The Morgan fingerprint density at radius 2 is 2.14 bits per heavy atom. The Kier molecular flexibility index (Phi) is 5.45. The van der Waals surface area contributed by atoms with Crippen LogP contribution in [0.1, 0.15) is 52.7 Å². The van der Waals surface area contributed by atoms with Gasteiger partial charge >= 0.3 is 6.09 Å². The molecule has 2 unspecified atom stereocenters. The maximum atomic E-state index is 11.9. The van der Waals surface area contributed by atoms with Crippen LogP contribution in [0, 0.1) is 0 Å². The minimum Gasteiger partial charge on any atom is -0.444 e. The van der Waals surface area contributed by atoms with Gasteiger partial charge in [-0.15, -0.1) is 0 Å². The largest absolute Gasteiger partial charge is 0.444 e. The highest BCUT2D eigenvalue weighted by molar-refractivity contribution is 5.68. The van der Waals surface area contributed by atoms with E-state index in [1.807, 2.05) is 33.3 Å². The van der Waals surface area contributed by atoms with Gasteiger partial charge in [0.05, 0.1) is 12.0 Å². The summed E-state index contributed by atoms with van der Waals surface area (Å²) in [4.78, 5) is 16.1. The van der Waals surface area contributed by atoms with Gasteiger partial charge in [-0.3, -0.25) is 0 Å². The third kappa shape index (κ3) is 4.73. The number of hydrogen-bond donors (Lipinski definition) is 2. The molecule has 6 heteroatoms. The van der Waals surface area contributed by atoms with Crippen LogP contribution in [0.4, 0.5) is 4.79 Å². The second-order valence-corrected chi connectivity index (χ2v) is 6.84. The van der Waals surface area contributed by atoms with Crippen molar-refractivity contribution in [2.45, 2.75) is 77.7 Å². The molecule has 0 spiro atoms. The van der Waals surface area contributed by atoms with Gasteiger partial charge < -0.3 is 19.9 Å². The molecule has 0 aliphatic heterocycles. The third-order valence-corrected chi connectivity index (χ3v) is 3.90. The summed E-state index contributed by atoms with van der Waals surface area (Å²) in [5, 5.41) is 6.54. The number of ether oxygens (including phenoxy) is 1. The summed E-state index contributed by atoms with van der Waals surface area (Å²) in [6, 6.07) is 0.417. The van der Waals surface area contributed by atoms with Crippen molar-refractivity contribution in [2.75, 3.05) is 0 Å². The summed E-state index contributed by atoms with van der Waals surface area (Å²) >= 11 is 0. The first-order valence-electron chi connectivity index (χ1n) is 8.11. The first kappa shape index (κ1) is 16.8. The van der Waals surface area contributed by atoms with Gasteiger partial charge in [-0.1, -0.05) is 0 Å². The molecule has 1 saturated carbocycles. The number of nitrogens with one attached hydrogen (secondary N) is 2. The lowest BCUT2D eigenvalue weighted by Gasteiger charge is -2.25. The van der Waals surface area contributed by atoms with E-state index in [1.54, 1.807) is 0 Å². The molecule has 0 radical (unpaired) electrons. The van der Waals surface area contributed by atoms with Crippen LogP contribution in [-0.4, -0.2) is 33.3 Å². The smallest absolute Gasteiger partial charge is 0.407 e.